The maximum atomic E-state index is 12.1. The fraction of sp³-hybridized carbons (Fsp3) is 0.182. The Morgan fingerprint density at radius 2 is 1.73 bits per heavy atom. The quantitative estimate of drug-likeness (QED) is 0.532. The molecule has 0 atom stereocenters. The lowest BCUT2D eigenvalue weighted by Crippen LogP contribution is -2.27. The molecule has 2 N–H and O–H groups in total. The highest BCUT2D eigenvalue weighted by molar-refractivity contribution is 6.02. The second-order valence-corrected chi connectivity index (χ2v) is 6.47. The fourth-order valence-corrected chi connectivity index (χ4v) is 2.85. The molecule has 0 heterocycles. The summed E-state index contributed by atoms with van der Waals surface area (Å²) >= 11 is 0. The monoisotopic (exact) mass is 345 g/mol. The van der Waals surface area contributed by atoms with E-state index in [1.165, 1.54) is 10.9 Å². The van der Waals surface area contributed by atoms with E-state index in [-0.39, 0.29) is 12.5 Å². The number of nitrogens with one attached hydrogen (secondary N) is 2. The summed E-state index contributed by atoms with van der Waals surface area (Å²) in [6.45, 7) is 6.14. The molecule has 4 nitrogen and oxygen atoms in total. The number of rotatable bonds is 5. The summed E-state index contributed by atoms with van der Waals surface area (Å²) in [5.41, 5.74) is 7.66. The van der Waals surface area contributed by atoms with Crippen LogP contribution in [0, 0.1) is 13.8 Å². The number of amides is 1. The van der Waals surface area contributed by atoms with Gasteiger partial charge in [-0.2, -0.15) is 5.10 Å². The van der Waals surface area contributed by atoms with Crippen molar-refractivity contribution in [2.45, 2.75) is 20.8 Å². The first kappa shape index (κ1) is 17.7. The number of carbonyl (C=O) groups is 1. The van der Waals surface area contributed by atoms with E-state index >= 15 is 0 Å². The van der Waals surface area contributed by atoms with Crippen molar-refractivity contribution < 1.29 is 4.79 Å². The molecule has 0 radical (unpaired) electrons. The maximum absolute atomic E-state index is 12.1. The van der Waals surface area contributed by atoms with Crippen LogP contribution >= 0.6 is 0 Å². The summed E-state index contributed by atoms with van der Waals surface area (Å²) < 4.78 is 0. The topological polar surface area (TPSA) is 53.5 Å². The van der Waals surface area contributed by atoms with E-state index < -0.39 is 0 Å². The van der Waals surface area contributed by atoms with Gasteiger partial charge in [0.05, 0.1) is 12.3 Å². The van der Waals surface area contributed by atoms with Crippen molar-refractivity contribution in [3.63, 3.8) is 0 Å². The summed E-state index contributed by atoms with van der Waals surface area (Å²) in [6.07, 6.45) is 0. The van der Waals surface area contributed by atoms with E-state index in [0.717, 1.165) is 27.9 Å². The van der Waals surface area contributed by atoms with Gasteiger partial charge in [0, 0.05) is 5.69 Å². The van der Waals surface area contributed by atoms with Crippen LogP contribution in [-0.4, -0.2) is 18.2 Å². The molecule has 0 aliphatic heterocycles. The molecule has 0 aliphatic carbocycles. The maximum Gasteiger partial charge on any atom is 0.259 e. The van der Waals surface area contributed by atoms with Gasteiger partial charge in [0.2, 0.25) is 0 Å². The number of fused-ring (bicyclic) bond motifs is 1. The van der Waals surface area contributed by atoms with Gasteiger partial charge in [0.1, 0.15) is 0 Å². The standard InChI is InChI=1S/C22H23N3O/c1-15-8-11-21(16(2)12-15)23-14-22(26)25-24-17(3)19-10-9-18-6-4-5-7-20(18)13-19/h4-13,23H,14H2,1-3H3,(H,25,26). The molecule has 3 aromatic carbocycles. The highest BCUT2D eigenvalue weighted by atomic mass is 16.2. The highest BCUT2D eigenvalue weighted by Crippen LogP contribution is 2.16. The van der Waals surface area contributed by atoms with Crippen molar-refractivity contribution in [1.29, 1.82) is 0 Å². The van der Waals surface area contributed by atoms with Crippen LogP contribution < -0.4 is 10.7 Å². The normalized spacial score (nSPS) is 11.4. The molecule has 0 saturated heterocycles. The fourth-order valence-electron chi connectivity index (χ4n) is 2.85. The van der Waals surface area contributed by atoms with Crippen LogP contribution in [-0.2, 0) is 4.79 Å². The third-order valence-corrected chi connectivity index (χ3v) is 4.34. The third kappa shape index (κ3) is 4.28. The molecule has 0 saturated carbocycles. The molecule has 0 unspecified atom stereocenters. The van der Waals surface area contributed by atoms with Crippen molar-refractivity contribution >= 4 is 28.1 Å². The summed E-state index contributed by atoms with van der Waals surface area (Å²) in [5.74, 6) is -0.176. The number of aryl methyl sites for hydroxylation is 2. The van der Waals surface area contributed by atoms with Gasteiger partial charge in [-0.15, -0.1) is 0 Å². The zero-order valence-electron chi connectivity index (χ0n) is 15.3. The molecule has 4 heteroatoms. The zero-order valence-corrected chi connectivity index (χ0v) is 15.3. The SMILES string of the molecule is CC(=NNC(=O)CNc1ccc(C)cc1C)c1ccc2ccccc2c1. The lowest BCUT2D eigenvalue weighted by atomic mass is 10.0. The Morgan fingerprint density at radius 3 is 2.50 bits per heavy atom. The van der Waals surface area contributed by atoms with Crippen LogP contribution in [0.4, 0.5) is 5.69 Å². The minimum absolute atomic E-state index is 0.176. The molecule has 132 valence electrons. The number of hydrazone groups is 1. The lowest BCUT2D eigenvalue weighted by molar-refractivity contribution is -0.119. The molecule has 0 bridgehead atoms. The van der Waals surface area contributed by atoms with E-state index in [2.05, 4.69) is 46.2 Å². The predicted molar refractivity (Wildman–Crippen MR) is 109 cm³/mol. The van der Waals surface area contributed by atoms with Gasteiger partial charge in [0.15, 0.2) is 0 Å². The largest absolute Gasteiger partial charge is 0.376 e. The summed E-state index contributed by atoms with van der Waals surface area (Å²) in [6, 6.07) is 20.4. The molecule has 3 aromatic rings. The Morgan fingerprint density at radius 1 is 0.962 bits per heavy atom. The van der Waals surface area contributed by atoms with Crippen LogP contribution in [0.25, 0.3) is 10.8 Å². The van der Waals surface area contributed by atoms with E-state index in [9.17, 15) is 4.79 Å². The molecule has 1 amide bonds. The van der Waals surface area contributed by atoms with Crippen molar-refractivity contribution in [2.75, 3.05) is 11.9 Å². The van der Waals surface area contributed by atoms with Crippen molar-refractivity contribution in [2.24, 2.45) is 5.10 Å². The summed E-state index contributed by atoms with van der Waals surface area (Å²) in [7, 11) is 0. The van der Waals surface area contributed by atoms with Gasteiger partial charge in [-0.3, -0.25) is 4.79 Å². The molecule has 0 aromatic heterocycles. The first-order valence-corrected chi connectivity index (χ1v) is 8.66. The third-order valence-electron chi connectivity index (χ3n) is 4.34. The minimum Gasteiger partial charge on any atom is -0.376 e. The van der Waals surface area contributed by atoms with Crippen molar-refractivity contribution in [3.05, 3.63) is 77.4 Å². The molecule has 0 spiro atoms. The Hall–Kier alpha value is -3.14. The van der Waals surface area contributed by atoms with E-state index in [1.807, 2.05) is 51.1 Å². The van der Waals surface area contributed by atoms with Crippen molar-refractivity contribution in [1.82, 2.24) is 5.43 Å². The van der Waals surface area contributed by atoms with Crippen LogP contribution in [0.3, 0.4) is 0 Å². The number of hydrogen-bond acceptors (Lipinski definition) is 3. The molecule has 3 rings (SSSR count). The van der Waals surface area contributed by atoms with Gasteiger partial charge in [-0.25, -0.2) is 5.43 Å². The first-order chi connectivity index (χ1) is 12.5. The van der Waals surface area contributed by atoms with Crippen LogP contribution in [0.5, 0.6) is 0 Å². The highest BCUT2D eigenvalue weighted by Gasteiger charge is 2.04. The predicted octanol–water partition coefficient (Wildman–Crippen LogP) is 4.41. The first-order valence-electron chi connectivity index (χ1n) is 8.66. The number of nitrogens with zero attached hydrogens (tertiary/aromatic N) is 1. The number of anilines is 1. The van der Waals surface area contributed by atoms with E-state index in [0.29, 0.717) is 0 Å². The second kappa shape index (κ2) is 7.83. The summed E-state index contributed by atoms with van der Waals surface area (Å²) in [4.78, 5) is 12.1. The zero-order chi connectivity index (χ0) is 18.5. The second-order valence-electron chi connectivity index (χ2n) is 6.47. The van der Waals surface area contributed by atoms with Gasteiger partial charge >= 0.3 is 0 Å². The average Bonchev–Trinajstić information content (AvgIpc) is 2.65. The van der Waals surface area contributed by atoms with Crippen LogP contribution in [0.1, 0.15) is 23.6 Å². The van der Waals surface area contributed by atoms with Crippen molar-refractivity contribution in [3.8, 4) is 0 Å². The van der Waals surface area contributed by atoms with Crippen LogP contribution in [0.2, 0.25) is 0 Å². The van der Waals surface area contributed by atoms with Gasteiger partial charge in [-0.05, 0) is 54.8 Å². The van der Waals surface area contributed by atoms with Gasteiger partial charge < -0.3 is 5.32 Å². The van der Waals surface area contributed by atoms with Crippen LogP contribution in [0.15, 0.2) is 65.8 Å². The smallest absolute Gasteiger partial charge is 0.259 e. The van der Waals surface area contributed by atoms with E-state index in [1.54, 1.807) is 0 Å². The molecule has 0 aliphatic rings. The Labute approximate surface area is 153 Å². The Balaban J connectivity index is 1.61. The molecule has 26 heavy (non-hydrogen) atoms. The number of benzene rings is 3. The number of carbonyl (C=O) groups excluding carboxylic acids is 1. The Kier molecular flexibility index (Phi) is 5.32. The number of hydrogen-bond donors (Lipinski definition) is 2. The minimum atomic E-state index is -0.176. The van der Waals surface area contributed by atoms with Gasteiger partial charge in [-0.1, -0.05) is 54.1 Å². The van der Waals surface area contributed by atoms with E-state index in [4.69, 9.17) is 0 Å². The average molecular weight is 345 g/mol. The Bertz CT molecular complexity index is 976. The van der Waals surface area contributed by atoms with Gasteiger partial charge in [0.25, 0.3) is 5.91 Å². The lowest BCUT2D eigenvalue weighted by Gasteiger charge is -2.09. The molecule has 0 fully saturated rings. The summed E-state index contributed by atoms with van der Waals surface area (Å²) in [5, 5.41) is 9.71. The molecular weight excluding hydrogens is 322 g/mol. The molecular formula is C22H23N3O.